The van der Waals surface area contributed by atoms with Crippen LogP contribution in [0.25, 0.3) is 15.8 Å². The molecule has 1 aromatic carbocycles. The van der Waals surface area contributed by atoms with Crippen molar-refractivity contribution >= 4 is 27.2 Å². The number of rotatable bonds is 2. The Morgan fingerprint density at radius 1 is 1.35 bits per heavy atom. The van der Waals surface area contributed by atoms with Crippen LogP contribution < -0.4 is 5.73 Å². The van der Waals surface area contributed by atoms with E-state index < -0.39 is 0 Å². The fraction of sp³-hybridized carbons (Fsp3) is 0.167. The molecule has 0 unspecified atom stereocenters. The fourth-order valence-electron chi connectivity index (χ4n) is 1.94. The number of anilines is 1. The molecule has 2 heterocycles. The molecule has 2 aromatic heterocycles. The Kier molecular flexibility index (Phi) is 2.33. The van der Waals surface area contributed by atoms with Gasteiger partial charge in [-0.3, -0.25) is 0 Å². The lowest BCUT2D eigenvalue weighted by molar-refractivity contribution is 0.768. The minimum absolute atomic E-state index is 0.512. The molecular formula is C12H12N4S. The molecule has 3 rings (SSSR count). The summed E-state index contributed by atoms with van der Waals surface area (Å²) < 4.78 is 3.09. The van der Waals surface area contributed by atoms with Gasteiger partial charge in [-0.2, -0.15) is 0 Å². The first kappa shape index (κ1) is 10.3. The number of hydrogen-bond donors (Lipinski definition) is 1. The maximum absolute atomic E-state index is 5.79. The highest BCUT2D eigenvalue weighted by Gasteiger charge is 2.10. The summed E-state index contributed by atoms with van der Waals surface area (Å²) in [5, 5.41) is 11.3. The van der Waals surface area contributed by atoms with Crippen molar-refractivity contribution in [3.63, 3.8) is 0 Å². The van der Waals surface area contributed by atoms with Crippen LogP contribution in [0.4, 0.5) is 5.82 Å². The highest BCUT2D eigenvalue weighted by molar-refractivity contribution is 7.17. The zero-order valence-electron chi connectivity index (χ0n) is 9.42. The molecule has 0 saturated carbocycles. The largest absolute Gasteiger partial charge is 0.381 e. The number of nitrogen functional groups attached to an aromatic ring is 1. The molecule has 5 heteroatoms. The van der Waals surface area contributed by atoms with E-state index in [0.717, 1.165) is 17.8 Å². The Balaban J connectivity index is 2.19. The summed E-state index contributed by atoms with van der Waals surface area (Å²) in [7, 11) is 0. The lowest BCUT2D eigenvalue weighted by atomic mass is 10.2. The second-order valence-electron chi connectivity index (χ2n) is 3.83. The lowest BCUT2D eigenvalue weighted by Crippen LogP contribution is -2.02. The minimum Gasteiger partial charge on any atom is -0.381 e. The van der Waals surface area contributed by atoms with Gasteiger partial charge in [0.1, 0.15) is 0 Å². The first-order valence-electron chi connectivity index (χ1n) is 5.47. The molecule has 86 valence electrons. The molecule has 0 aliphatic rings. The Labute approximate surface area is 103 Å². The van der Waals surface area contributed by atoms with E-state index in [0.29, 0.717) is 5.82 Å². The van der Waals surface area contributed by atoms with Crippen LogP contribution in [0.1, 0.15) is 12.6 Å². The van der Waals surface area contributed by atoms with Gasteiger partial charge in [0.2, 0.25) is 0 Å². The van der Waals surface area contributed by atoms with Gasteiger partial charge in [-0.1, -0.05) is 12.1 Å². The van der Waals surface area contributed by atoms with Crippen LogP contribution >= 0.6 is 11.3 Å². The molecule has 4 nitrogen and oxygen atoms in total. The van der Waals surface area contributed by atoms with Crippen LogP contribution in [0.2, 0.25) is 0 Å². The Bertz CT molecular complexity index is 668. The van der Waals surface area contributed by atoms with Crippen molar-refractivity contribution in [2.24, 2.45) is 0 Å². The van der Waals surface area contributed by atoms with E-state index in [2.05, 4.69) is 40.8 Å². The van der Waals surface area contributed by atoms with Gasteiger partial charge in [0.15, 0.2) is 5.82 Å². The van der Waals surface area contributed by atoms with Crippen molar-refractivity contribution in [3.8, 4) is 5.69 Å². The van der Waals surface area contributed by atoms with Crippen LogP contribution in [0, 0.1) is 0 Å². The SMILES string of the molecule is CCc1c(N)nnn1-c1ccc2sccc2c1. The van der Waals surface area contributed by atoms with Gasteiger partial charge >= 0.3 is 0 Å². The van der Waals surface area contributed by atoms with Crippen molar-refractivity contribution in [1.29, 1.82) is 0 Å². The second-order valence-corrected chi connectivity index (χ2v) is 4.78. The van der Waals surface area contributed by atoms with Gasteiger partial charge in [0.25, 0.3) is 0 Å². The Hall–Kier alpha value is -1.88. The Morgan fingerprint density at radius 2 is 2.24 bits per heavy atom. The third kappa shape index (κ3) is 1.59. The molecule has 0 atom stereocenters. The van der Waals surface area contributed by atoms with E-state index in [9.17, 15) is 0 Å². The van der Waals surface area contributed by atoms with E-state index in [4.69, 9.17) is 5.73 Å². The van der Waals surface area contributed by atoms with Crippen molar-refractivity contribution in [3.05, 3.63) is 35.3 Å². The minimum atomic E-state index is 0.512. The first-order valence-corrected chi connectivity index (χ1v) is 6.35. The molecule has 2 N–H and O–H groups in total. The molecular weight excluding hydrogens is 232 g/mol. The molecule has 0 spiro atoms. The third-order valence-electron chi connectivity index (χ3n) is 2.81. The molecule has 3 aromatic rings. The highest BCUT2D eigenvalue weighted by atomic mass is 32.1. The Morgan fingerprint density at radius 3 is 3.06 bits per heavy atom. The van der Waals surface area contributed by atoms with Crippen LogP contribution in [0.5, 0.6) is 0 Å². The highest BCUT2D eigenvalue weighted by Crippen LogP contribution is 2.24. The standard InChI is InChI=1S/C12H12N4S/c1-2-10-12(13)14-15-16(10)9-3-4-11-8(7-9)5-6-17-11/h3-7H,2,13H2,1H3. The number of nitrogens with zero attached hydrogens (tertiary/aromatic N) is 3. The smallest absolute Gasteiger partial charge is 0.169 e. The summed E-state index contributed by atoms with van der Waals surface area (Å²) in [4.78, 5) is 0. The van der Waals surface area contributed by atoms with Crippen LogP contribution in [0.15, 0.2) is 29.6 Å². The molecule has 0 aliphatic carbocycles. The van der Waals surface area contributed by atoms with Gasteiger partial charge in [0, 0.05) is 4.70 Å². The van der Waals surface area contributed by atoms with Crippen LogP contribution in [-0.2, 0) is 6.42 Å². The van der Waals surface area contributed by atoms with E-state index in [1.54, 1.807) is 11.3 Å². The molecule has 0 amide bonds. The molecule has 0 bridgehead atoms. The van der Waals surface area contributed by atoms with Gasteiger partial charge in [-0.05, 0) is 41.5 Å². The zero-order valence-corrected chi connectivity index (χ0v) is 10.2. The van der Waals surface area contributed by atoms with E-state index >= 15 is 0 Å². The summed E-state index contributed by atoms with van der Waals surface area (Å²) in [5.74, 6) is 0.512. The van der Waals surface area contributed by atoms with E-state index in [1.165, 1.54) is 10.1 Å². The number of benzene rings is 1. The van der Waals surface area contributed by atoms with Gasteiger partial charge in [-0.15, -0.1) is 16.4 Å². The molecule has 0 radical (unpaired) electrons. The summed E-state index contributed by atoms with van der Waals surface area (Å²) in [5.41, 5.74) is 7.76. The summed E-state index contributed by atoms with van der Waals surface area (Å²) >= 11 is 1.74. The van der Waals surface area contributed by atoms with Crippen molar-refractivity contribution in [2.45, 2.75) is 13.3 Å². The topological polar surface area (TPSA) is 56.7 Å². The maximum Gasteiger partial charge on any atom is 0.169 e. The van der Waals surface area contributed by atoms with Crippen molar-refractivity contribution < 1.29 is 0 Å². The second kappa shape index (κ2) is 3.85. The number of nitrogens with two attached hydrogens (primary N) is 1. The number of hydrogen-bond acceptors (Lipinski definition) is 4. The first-order chi connectivity index (χ1) is 8.29. The normalized spacial score (nSPS) is 11.1. The molecule has 0 fully saturated rings. The van der Waals surface area contributed by atoms with Crippen LogP contribution in [0.3, 0.4) is 0 Å². The molecule has 17 heavy (non-hydrogen) atoms. The summed E-state index contributed by atoms with van der Waals surface area (Å²) in [6, 6.07) is 8.37. The van der Waals surface area contributed by atoms with Gasteiger partial charge in [0.05, 0.1) is 11.4 Å². The average Bonchev–Trinajstić information content (AvgIpc) is 2.93. The third-order valence-corrected chi connectivity index (χ3v) is 3.71. The fourth-order valence-corrected chi connectivity index (χ4v) is 2.71. The average molecular weight is 244 g/mol. The van der Waals surface area contributed by atoms with E-state index in [1.807, 2.05) is 10.7 Å². The summed E-state index contributed by atoms with van der Waals surface area (Å²) in [6.45, 7) is 2.05. The predicted octanol–water partition coefficient (Wildman–Crippen LogP) is 2.63. The van der Waals surface area contributed by atoms with Gasteiger partial charge < -0.3 is 5.73 Å². The van der Waals surface area contributed by atoms with Gasteiger partial charge in [-0.25, -0.2) is 4.68 Å². The maximum atomic E-state index is 5.79. The number of thiophene rings is 1. The van der Waals surface area contributed by atoms with Crippen molar-refractivity contribution in [2.75, 3.05) is 5.73 Å². The zero-order chi connectivity index (χ0) is 11.8. The van der Waals surface area contributed by atoms with Crippen molar-refractivity contribution in [1.82, 2.24) is 15.0 Å². The molecule has 0 aliphatic heterocycles. The number of aromatic nitrogens is 3. The monoisotopic (exact) mass is 244 g/mol. The van der Waals surface area contributed by atoms with Crippen LogP contribution in [-0.4, -0.2) is 15.0 Å². The number of fused-ring (bicyclic) bond motifs is 1. The molecule has 0 saturated heterocycles. The summed E-state index contributed by atoms with van der Waals surface area (Å²) in [6.07, 6.45) is 0.820. The van der Waals surface area contributed by atoms with E-state index in [-0.39, 0.29) is 0 Å². The predicted molar refractivity (Wildman–Crippen MR) is 70.5 cm³/mol. The quantitative estimate of drug-likeness (QED) is 0.754. The lowest BCUT2D eigenvalue weighted by Gasteiger charge is -2.04.